The Hall–Kier alpha value is -1.43. The maximum atomic E-state index is 10.8. The number of non-ortho nitro benzene ring substituents is 1. The highest BCUT2D eigenvalue weighted by Crippen LogP contribution is 2.22. The van der Waals surface area contributed by atoms with E-state index in [1.165, 1.54) is 17.7 Å². The van der Waals surface area contributed by atoms with Crippen LogP contribution in [-0.4, -0.2) is 11.0 Å². The van der Waals surface area contributed by atoms with Gasteiger partial charge in [-0.05, 0) is 47.4 Å². The van der Waals surface area contributed by atoms with Crippen molar-refractivity contribution in [2.75, 3.05) is 0 Å². The summed E-state index contributed by atoms with van der Waals surface area (Å²) >= 11 is 7.75. The van der Waals surface area contributed by atoms with Crippen molar-refractivity contribution in [1.82, 2.24) is 5.32 Å². The SMILES string of the molecule is CC(Cc1ccsc1)NCc1cc([N+](=O)[O-])ccc1Cl. The lowest BCUT2D eigenvalue weighted by atomic mass is 10.1. The summed E-state index contributed by atoms with van der Waals surface area (Å²) in [6.45, 7) is 2.61. The normalized spacial score (nSPS) is 12.3. The zero-order chi connectivity index (χ0) is 14.5. The van der Waals surface area contributed by atoms with Crippen molar-refractivity contribution < 1.29 is 4.92 Å². The van der Waals surface area contributed by atoms with Crippen molar-refractivity contribution in [3.63, 3.8) is 0 Å². The van der Waals surface area contributed by atoms with E-state index in [9.17, 15) is 10.1 Å². The molecule has 0 fully saturated rings. The largest absolute Gasteiger partial charge is 0.310 e. The summed E-state index contributed by atoms with van der Waals surface area (Å²) in [6, 6.07) is 6.89. The van der Waals surface area contributed by atoms with Crippen molar-refractivity contribution in [3.8, 4) is 0 Å². The number of nitro groups is 1. The molecule has 1 heterocycles. The molecule has 0 aliphatic heterocycles. The lowest BCUT2D eigenvalue weighted by molar-refractivity contribution is -0.384. The maximum Gasteiger partial charge on any atom is 0.269 e. The topological polar surface area (TPSA) is 55.2 Å². The highest BCUT2D eigenvalue weighted by molar-refractivity contribution is 7.07. The van der Waals surface area contributed by atoms with Crippen molar-refractivity contribution in [2.24, 2.45) is 0 Å². The van der Waals surface area contributed by atoms with Gasteiger partial charge in [-0.2, -0.15) is 11.3 Å². The standard InChI is InChI=1S/C14H15ClN2O2S/c1-10(6-11-4-5-20-9-11)16-8-12-7-13(17(18)19)2-3-14(12)15/h2-5,7,9-10,16H,6,8H2,1H3. The summed E-state index contributed by atoms with van der Waals surface area (Å²) in [7, 11) is 0. The first-order valence-corrected chi connectivity index (χ1v) is 7.55. The second kappa shape index (κ2) is 6.83. The number of benzene rings is 1. The molecular formula is C14H15ClN2O2S. The Morgan fingerprint density at radius 1 is 1.45 bits per heavy atom. The Morgan fingerprint density at radius 3 is 2.90 bits per heavy atom. The summed E-state index contributed by atoms with van der Waals surface area (Å²) in [5, 5.41) is 18.8. The first kappa shape index (κ1) is 15.0. The number of hydrogen-bond acceptors (Lipinski definition) is 4. The molecule has 1 aromatic heterocycles. The minimum atomic E-state index is -0.408. The van der Waals surface area contributed by atoms with E-state index in [0.29, 0.717) is 11.6 Å². The maximum absolute atomic E-state index is 10.8. The fraction of sp³-hybridized carbons (Fsp3) is 0.286. The summed E-state index contributed by atoms with van der Waals surface area (Å²) in [5.74, 6) is 0. The van der Waals surface area contributed by atoms with Gasteiger partial charge in [0.2, 0.25) is 0 Å². The van der Waals surface area contributed by atoms with Gasteiger partial charge in [-0.1, -0.05) is 11.6 Å². The average molecular weight is 311 g/mol. The Bertz CT molecular complexity index is 587. The lowest BCUT2D eigenvalue weighted by Gasteiger charge is -2.13. The highest BCUT2D eigenvalue weighted by atomic mass is 35.5. The van der Waals surface area contributed by atoms with E-state index in [1.807, 2.05) is 0 Å². The molecule has 2 aromatic rings. The van der Waals surface area contributed by atoms with Crippen LogP contribution in [0.25, 0.3) is 0 Å². The van der Waals surface area contributed by atoms with Gasteiger partial charge >= 0.3 is 0 Å². The van der Waals surface area contributed by atoms with Gasteiger partial charge in [-0.25, -0.2) is 0 Å². The molecule has 0 amide bonds. The minimum absolute atomic E-state index is 0.0664. The van der Waals surface area contributed by atoms with Gasteiger partial charge in [0.25, 0.3) is 5.69 Å². The first-order valence-electron chi connectivity index (χ1n) is 6.23. The molecule has 0 aliphatic carbocycles. The van der Waals surface area contributed by atoms with Gasteiger partial charge in [-0.3, -0.25) is 10.1 Å². The van der Waals surface area contributed by atoms with Crippen molar-refractivity contribution in [1.29, 1.82) is 0 Å². The van der Waals surface area contributed by atoms with Crippen LogP contribution in [0.3, 0.4) is 0 Å². The molecule has 0 saturated carbocycles. The first-order chi connectivity index (χ1) is 9.56. The highest BCUT2D eigenvalue weighted by Gasteiger charge is 2.11. The van der Waals surface area contributed by atoms with Gasteiger partial charge in [0.1, 0.15) is 0 Å². The number of hydrogen-bond donors (Lipinski definition) is 1. The molecule has 1 N–H and O–H groups in total. The van der Waals surface area contributed by atoms with Crippen LogP contribution in [-0.2, 0) is 13.0 Å². The fourth-order valence-corrected chi connectivity index (χ4v) is 2.79. The van der Waals surface area contributed by atoms with Gasteiger partial charge < -0.3 is 5.32 Å². The molecule has 20 heavy (non-hydrogen) atoms. The molecule has 1 aromatic carbocycles. The lowest BCUT2D eigenvalue weighted by Crippen LogP contribution is -2.27. The van der Waals surface area contributed by atoms with E-state index in [0.717, 1.165) is 12.0 Å². The number of nitrogens with one attached hydrogen (secondary N) is 1. The molecule has 6 heteroatoms. The van der Waals surface area contributed by atoms with Gasteiger partial charge in [0.05, 0.1) is 4.92 Å². The van der Waals surface area contributed by atoms with Crippen LogP contribution in [0.15, 0.2) is 35.0 Å². The third-order valence-electron chi connectivity index (χ3n) is 3.00. The van der Waals surface area contributed by atoms with E-state index in [-0.39, 0.29) is 11.7 Å². The zero-order valence-electron chi connectivity index (χ0n) is 11.0. The van der Waals surface area contributed by atoms with Crippen molar-refractivity contribution in [2.45, 2.75) is 25.9 Å². The monoisotopic (exact) mass is 310 g/mol. The average Bonchev–Trinajstić information content (AvgIpc) is 2.90. The molecule has 0 radical (unpaired) electrons. The molecule has 106 valence electrons. The molecule has 0 spiro atoms. The van der Waals surface area contributed by atoms with Crippen LogP contribution in [0.5, 0.6) is 0 Å². The summed E-state index contributed by atoms with van der Waals surface area (Å²) < 4.78 is 0. The predicted molar refractivity (Wildman–Crippen MR) is 82.4 cm³/mol. The van der Waals surface area contributed by atoms with E-state index >= 15 is 0 Å². The third-order valence-corrected chi connectivity index (χ3v) is 4.10. The van der Waals surface area contributed by atoms with E-state index in [2.05, 4.69) is 29.1 Å². The van der Waals surface area contributed by atoms with Crippen LogP contribution < -0.4 is 5.32 Å². The summed E-state index contributed by atoms with van der Waals surface area (Å²) in [6.07, 6.45) is 0.927. The number of halogens is 1. The zero-order valence-corrected chi connectivity index (χ0v) is 12.6. The number of rotatable bonds is 6. The summed E-state index contributed by atoms with van der Waals surface area (Å²) in [4.78, 5) is 10.3. The molecule has 2 rings (SSSR count). The van der Waals surface area contributed by atoms with Crippen molar-refractivity contribution >= 4 is 28.6 Å². The predicted octanol–water partition coefficient (Wildman–Crippen LogP) is 4.03. The van der Waals surface area contributed by atoms with Gasteiger partial charge in [0, 0.05) is 29.7 Å². The summed E-state index contributed by atoms with van der Waals surface area (Å²) in [5.41, 5.74) is 2.11. The van der Waals surface area contributed by atoms with Crippen LogP contribution in [0.4, 0.5) is 5.69 Å². The molecular weight excluding hydrogens is 296 g/mol. The Kier molecular flexibility index (Phi) is 5.11. The van der Waals surface area contributed by atoms with E-state index in [1.54, 1.807) is 17.4 Å². The Morgan fingerprint density at radius 2 is 2.25 bits per heavy atom. The van der Waals surface area contributed by atoms with Crippen LogP contribution >= 0.6 is 22.9 Å². The Labute approximate surface area is 126 Å². The van der Waals surface area contributed by atoms with E-state index in [4.69, 9.17) is 11.6 Å². The van der Waals surface area contributed by atoms with Crippen LogP contribution in [0, 0.1) is 10.1 Å². The number of nitrogens with zero attached hydrogens (tertiary/aromatic N) is 1. The third kappa shape index (κ3) is 4.03. The quantitative estimate of drug-likeness (QED) is 0.647. The molecule has 0 bridgehead atoms. The number of thiophene rings is 1. The second-order valence-electron chi connectivity index (χ2n) is 4.65. The van der Waals surface area contributed by atoms with Gasteiger partial charge in [-0.15, -0.1) is 0 Å². The minimum Gasteiger partial charge on any atom is -0.310 e. The van der Waals surface area contributed by atoms with Crippen molar-refractivity contribution in [3.05, 3.63) is 61.3 Å². The van der Waals surface area contributed by atoms with E-state index < -0.39 is 4.92 Å². The Balaban J connectivity index is 1.96. The molecule has 1 atom stereocenters. The number of nitro benzene ring substituents is 1. The molecule has 1 unspecified atom stereocenters. The van der Waals surface area contributed by atoms with Gasteiger partial charge in [0.15, 0.2) is 0 Å². The van der Waals surface area contributed by atoms with Crippen LogP contribution in [0.1, 0.15) is 18.1 Å². The fourth-order valence-electron chi connectivity index (χ4n) is 1.93. The molecule has 0 aliphatic rings. The molecule has 4 nitrogen and oxygen atoms in total. The smallest absolute Gasteiger partial charge is 0.269 e. The molecule has 0 saturated heterocycles. The second-order valence-corrected chi connectivity index (χ2v) is 5.84. The van der Waals surface area contributed by atoms with Crippen LogP contribution in [0.2, 0.25) is 5.02 Å².